The van der Waals surface area contributed by atoms with Gasteiger partial charge in [0.15, 0.2) is 0 Å². The Labute approximate surface area is 240 Å². The van der Waals surface area contributed by atoms with Gasteiger partial charge in [0.2, 0.25) is 5.91 Å². The van der Waals surface area contributed by atoms with Crippen LogP contribution in [0.1, 0.15) is 69.2 Å². The zero-order chi connectivity index (χ0) is 28.8. The Morgan fingerprint density at radius 1 is 1.10 bits per heavy atom. The van der Waals surface area contributed by atoms with Crippen LogP contribution in [-0.2, 0) is 25.5 Å². The average Bonchev–Trinajstić information content (AvgIpc) is 3.03. The molecule has 9 heteroatoms. The second-order valence-corrected chi connectivity index (χ2v) is 12.5. The molecule has 1 saturated heterocycles. The van der Waals surface area contributed by atoms with E-state index in [1.54, 1.807) is 12.0 Å². The van der Waals surface area contributed by atoms with Crippen molar-refractivity contribution in [2.24, 2.45) is 11.3 Å². The van der Waals surface area contributed by atoms with Crippen molar-refractivity contribution in [2.75, 3.05) is 25.1 Å². The van der Waals surface area contributed by atoms with E-state index in [0.29, 0.717) is 36.7 Å². The second kappa shape index (κ2) is 11.1. The molecule has 3 aliphatic heterocycles. The Kier molecular flexibility index (Phi) is 7.86. The van der Waals surface area contributed by atoms with Gasteiger partial charge in [-0.3, -0.25) is 14.4 Å². The summed E-state index contributed by atoms with van der Waals surface area (Å²) in [6.45, 7) is 7.08. The number of halogens is 1. The molecular formula is C31H37ClN2O6. The third-order valence-electron chi connectivity index (χ3n) is 8.50. The van der Waals surface area contributed by atoms with Gasteiger partial charge in [-0.05, 0) is 54.9 Å². The van der Waals surface area contributed by atoms with Gasteiger partial charge in [0, 0.05) is 35.3 Å². The number of aliphatic carboxylic acids is 1. The number of likely N-dealkylation sites (tertiary alicyclic amines) is 1. The maximum absolute atomic E-state index is 14.4. The maximum atomic E-state index is 14.4. The van der Waals surface area contributed by atoms with E-state index in [1.165, 1.54) is 0 Å². The molecule has 0 unspecified atom stereocenters. The van der Waals surface area contributed by atoms with Crippen LogP contribution in [0.4, 0.5) is 5.69 Å². The van der Waals surface area contributed by atoms with Gasteiger partial charge >= 0.3 is 5.97 Å². The number of carbonyl (C=O) groups excluding carboxylic acids is 2. The van der Waals surface area contributed by atoms with Gasteiger partial charge in [-0.25, -0.2) is 0 Å². The van der Waals surface area contributed by atoms with Crippen molar-refractivity contribution in [1.29, 1.82) is 0 Å². The number of methoxy groups -OCH3 is 1. The maximum Gasteiger partial charge on any atom is 0.306 e. The number of hydrogen-bond donors (Lipinski definition) is 1. The lowest BCUT2D eigenvalue weighted by Crippen LogP contribution is -2.54. The van der Waals surface area contributed by atoms with E-state index in [9.17, 15) is 19.5 Å². The molecule has 0 bridgehead atoms. The molecule has 2 amide bonds. The molecule has 1 N–H and O–H groups in total. The fourth-order valence-electron chi connectivity index (χ4n) is 6.40. The summed E-state index contributed by atoms with van der Waals surface area (Å²) in [7, 11) is 1.60. The summed E-state index contributed by atoms with van der Waals surface area (Å²) in [5.74, 6) is -1.12. The molecule has 3 atom stereocenters. The molecule has 3 heterocycles. The largest absolute Gasteiger partial charge is 0.496 e. The second-order valence-electron chi connectivity index (χ2n) is 12.1. The highest BCUT2D eigenvalue weighted by Crippen LogP contribution is 2.49. The number of benzene rings is 2. The van der Waals surface area contributed by atoms with Crippen LogP contribution < -0.4 is 9.64 Å². The Balaban J connectivity index is 1.58. The fourth-order valence-corrected chi connectivity index (χ4v) is 6.65. The van der Waals surface area contributed by atoms with Crippen molar-refractivity contribution in [2.45, 2.75) is 71.1 Å². The van der Waals surface area contributed by atoms with E-state index < -0.39 is 24.1 Å². The molecule has 0 aliphatic carbocycles. The SMILES string of the molecule is COc1ccccc1[C@H]1O[C@H](CC(=O)N2CCC(C(=O)O)CC2)C(=O)N2c3c(cc(Cl)cc31)CC[C@H]2C(C)(C)C. The fraction of sp³-hybridized carbons (Fsp3) is 0.516. The van der Waals surface area contributed by atoms with Crippen LogP contribution in [0, 0.1) is 11.3 Å². The van der Waals surface area contributed by atoms with Gasteiger partial charge in [0.1, 0.15) is 18.0 Å². The number of ether oxygens (including phenoxy) is 2. The number of amides is 2. The molecule has 8 nitrogen and oxygen atoms in total. The molecule has 2 aromatic carbocycles. The number of carbonyl (C=O) groups is 3. The Bertz CT molecular complexity index is 1310. The van der Waals surface area contributed by atoms with Crippen molar-refractivity contribution in [1.82, 2.24) is 4.90 Å². The predicted octanol–water partition coefficient (Wildman–Crippen LogP) is 5.24. The van der Waals surface area contributed by atoms with Gasteiger partial charge in [-0.15, -0.1) is 0 Å². The van der Waals surface area contributed by atoms with E-state index >= 15 is 0 Å². The van der Waals surface area contributed by atoms with Crippen LogP contribution in [0.2, 0.25) is 5.02 Å². The monoisotopic (exact) mass is 568 g/mol. The summed E-state index contributed by atoms with van der Waals surface area (Å²) in [6.07, 6.45) is 0.479. The lowest BCUT2D eigenvalue weighted by molar-refractivity contribution is -0.148. The highest BCUT2D eigenvalue weighted by Gasteiger charge is 2.47. The standard InChI is InChI=1S/C31H37ClN2O6/c1-31(2,3)25-10-9-19-15-20(32)16-22-27(19)34(25)29(36)24(40-28(22)21-7-5-6-8-23(21)39-4)17-26(35)33-13-11-18(12-14-33)30(37)38/h5-8,15-16,18,24-25,28H,9-14,17H2,1-4H3,(H,37,38)/t24-,25+,28-/m1/s1. The Morgan fingerprint density at radius 2 is 1.80 bits per heavy atom. The zero-order valence-corrected chi connectivity index (χ0v) is 24.2. The molecule has 214 valence electrons. The van der Waals surface area contributed by atoms with E-state index in [4.69, 9.17) is 21.1 Å². The number of carboxylic acids is 1. The van der Waals surface area contributed by atoms with Gasteiger partial charge in [0.05, 0.1) is 25.1 Å². The molecule has 0 saturated carbocycles. The van der Waals surface area contributed by atoms with Gasteiger partial charge in [-0.2, -0.15) is 0 Å². The van der Waals surface area contributed by atoms with E-state index in [1.807, 2.05) is 41.3 Å². The van der Waals surface area contributed by atoms with Crippen molar-refractivity contribution in [3.05, 3.63) is 58.1 Å². The zero-order valence-electron chi connectivity index (χ0n) is 23.5. The Hall–Kier alpha value is -3.10. The number of hydrogen-bond acceptors (Lipinski definition) is 5. The first-order valence-corrected chi connectivity index (χ1v) is 14.3. The van der Waals surface area contributed by atoms with Crippen LogP contribution >= 0.6 is 11.6 Å². The molecular weight excluding hydrogens is 532 g/mol. The van der Waals surface area contributed by atoms with Crippen molar-refractivity contribution >= 4 is 35.1 Å². The predicted molar refractivity (Wildman–Crippen MR) is 152 cm³/mol. The van der Waals surface area contributed by atoms with Gasteiger partial charge in [0.25, 0.3) is 5.91 Å². The number of piperidine rings is 1. The summed E-state index contributed by atoms with van der Waals surface area (Å²) < 4.78 is 12.3. The highest BCUT2D eigenvalue weighted by molar-refractivity contribution is 6.31. The van der Waals surface area contributed by atoms with Crippen LogP contribution in [-0.4, -0.2) is 60.1 Å². The first-order chi connectivity index (χ1) is 19.0. The lowest BCUT2D eigenvalue weighted by atomic mass is 9.78. The van der Waals surface area contributed by atoms with Gasteiger partial charge < -0.3 is 24.4 Å². The molecule has 2 aromatic rings. The first-order valence-electron chi connectivity index (χ1n) is 13.9. The third kappa shape index (κ3) is 5.31. The van der Waals surface area contributed by atoms with Crippen molar-refractivity contribution < 1.29 is 29.0 Å². The minimum atomic E-state index is -1.04. The number of carboxylic acid groups (broad SMARTS) is 1. The first kappa shape index (κ1) is 28.4. The number of rotatable bonds is 5. The molecule has 0 aromatic heterocycles. The lowest BCUT2D eigenvalue weighted by Gasteiger charge is -2.45. The smallest absolute Gasteiger partial charge is 0.306 e. The van der Waals surface area contributed by atoms with E-state index in [2.05, 4.69) is 20.8 Å². The number of nitrogens with zero attached hydrogens (tertiary/aromatic N) is 2. The van der Waals surface area contributed by atoms with Crippen LogP contribution in [0.25, 0.3) is 0 Å². The van der Waals surface area contributed by atoms with Crippen LogP contribution in [0.5, 0.6) is 5.75 Å². The summed E-state index contributed by atoms with van der Waals surface area (Å²) in [5.41, 5.74) is 3.12. The molecule has 0 radical (unpaired) electrons. The minimum Gasteiger partial charge on any atom is -0.496 e. The highest BCUT2D eigenvalue weighted by atomic mass is 35.5. The summed E-state index contributed by atoms with van der Waals surface area (Å²) >= 11 is 6.64. The van der Waals surface area contributed by atoms with E-state index in [0.717, 1.165) is 35.2 Å². The Morgan fingerprint density at radius 3 is 2.45 bits per heavy atom. The normalized spacial score (nSPS) is 23.4. The molecule has 1 fully saturated rings. The molecule has 3 aliphatic rings. The third-order valence-corrected chi connectivity index (χ3v) is 8.71. The van der Waals surface area contributed by atoms with Crippen LogP contribution in [0.3, 0.4) is 0 Å². The summed E-state index contributed by atoms with van der Waals surface area (Å²) in [6, 6.07) is 11.2. The quantitative estimate of drug-likeness (QED) is 0.529. The topological polar surface area (TPSA) is 96.4 Å². The molecule has 40 heavy (non-hydrogen) atoms. The molecule has 5 rings (SSSR count). The van der Waals surface area contributed by atoms with Crippen molar-refractivity contribution in [3.63, 3.8) is 0 Å². The van der Waals surface area contributed by atoms with Crippen molar-refractivity contribution in [3.8, 4) is 5.75 Å². The minimum absolute atomic E-state index is 0.101. The average molecular weight is 569 g/mol. The number of para-hydroxylation sites is 1. The molecule has 0 spiro atoms. The number of anilines is 1. The van der Waals surface area contributed by atoms with E-state index in [-0.39, 0.29) is 29.7 Å². The number of aryl methyl sites for hydroxylation is 1. The van der Waals surface area contributed by atoms with Gasteiger partial charge in [-0.1, -0.05) is 50.6 Å². The summed E-state index contributed by atoms with van der Waals surface area (Å²) in [4.78, 5) is 42.9. The van der Waals surface area contributed by atoms with Crippen LogP contribution in [0.15, 0.2) is 36.4 Å². The summed E-state index contributed by atoms with van der Waals surface area (Å²) in [5, 5.41) is 9.92.